The lowest BCUT2D eigenvalue weighted by Gasteiger charge is -2.32. The maximum Gasteiger partial charge on any atom is 0.332 e. The third-order valence-electron chi connectivity index (χ3n) is 6.60. The Morgan fingerprint density at radius 3 is 1.67 bits per heavy atom. The predicted octanol–water partition coefficient (Wildman–Crippen LogP) is -1.68. The van der Waals surface area contributed by atoms with Crippen molar-refractivity contribution in [2.45, 2.75) is 38.9 Å². The summed E-state index contributed by atoms with van der Waals surface area (Å²) in [5.74, 6) is 0. The van der Waals surface area contributed by atoms with E-state index in [9.17, 15) is 29.4 Å². The van der Waals surface area contributed by atoms with Crippen LogP contribution in [0, 0.1) is 13.8 Å². The van der Waals surface area contributed by atoms with Crippen molar-refractivity contribution in [2.24, 2.45) is 28.2 Å². The zero-order valence-electron chi connectivity index (χ0n) is 20.9. The lowest BCUT2D eigenvalue weighted by molar-refractivity contribution is -0.0913. The molecule has 0 radical (unpaired) electrons. The van der Waals surface area contributed by atoms with Gasteiger partial charge in [0, 0.05) is 28.2 Å². The minimum absolute atomic E-state index is 0.0303. The van der Waals surface area contributed by atoms with E-state index in [0.717, 1.165) is 13.7 Å². The second-order valence-electron chi connectivity index (χ2n) is 8.79. The van der Waals surface area contributed by atoms with Gasteiger partial charge in [0.05, 0.1) is 22.8 Å². The molecule has 0 fully saturated rings. The van der Waals surface area contributed by atoms with Crippen LogP contribution in [0.3, 0.4) is 0 Å². The van der Waals surface area contributed by atoms with Crippen molar-refractivity contribution in [1.29, 1.82) is 0 Å². The standard InChI is InChI=1S/C22H26N8O6/c1-8-22(36,14-10(3)24-17-13(26-14)19(33)30(7)21(35)28(17)5)15(31)11-9(2)23-16-12(25-11)18(32)29(6)20(34)27(16)4/h15,31,36H,8H2,1-7H3/t15-,22+/m0/s1. The van der Waals surface area contributed by atoms with E-state index in [1.165, 1.54) is 46.6 Å². The number of rotatable bonds is 4. The third kappa shape index (κ3) is 3.32. The molecule has 190 valence electrons. The molecule has 2 atom stereocenters. The number of aliphatic hydroxyl groups excluding tert-OH is 1. The van der Waals surface area contributed by atoms with Crippen LogP contribution in [0.25, 0.3) is 22.3 Å². The highest BCUT2D eigenvalue weighted by Crippen LogP contribution is 2.38. The lowest BCUT2D eigenvalue weighted by atomic mass is 9.86. The molecule has 0 unspecified atom stereocenters. The van der Waals surface area contributed by atoms with E-state index < -0.39 is 34.2 Å². The molecule has 0 saturated heterocycles. The van der Waals surface area contributed by atoms with Gasteiger partial charge >= 0.3 is 11.4 Å². The van der Waals surface area contributed by atoms with Crippen LogP contribution in [0.2, 0.25) is 0 Å². The summed E-state index contributed by atoms with van der Waals surface area (Å²) in [4.78, 5) is 67.3. The molecule has 4 heterocycles. The summed E-state index contributed by atoms with van der Waals surface area (Å²) in [6.07, 6.45) is -1.81. The topological polar surface area (TPSA) is 180 Å². The Labute approximate surface area is 202 Å². The van der Waals surface area contributed by atoms with Crippen LogP contribution in [0.5, 0.6) is 0 Å². The quantitative estimate of drug-likeness (QED) is 0.330. The number of hydrogen-bond acceptors (Lipinski definition) is 10. The van der Waals surface area contributed by atoms with Crippen molar-refractivity contribution in [1.82, 2.24) is 38.2 Å². The summed E-state index contributed by atoms with van der Waals surface area (Å²) in [5.41, 5.74) is -4.78. The first-order chi connectivity index (χ1) is 16.8. The monoisotopic (exact) mass is 498 g/mol. The molecule has 4 aromatic heterocycles. The second kappa shape index (κ2) is 8.27. The SMILES string of the molecule is CC[C@@](O)(c1nc2c(=O)n(C)c(=O)n(C)c2nc1C)[C@@H](O)c1nc2c(=O)n(C)c(=O)n(C)c2nc1C. The first kappa shape index (κ1) is 25.1. The zero-order valence-corrected chi connectivity index (χ0v) is 20.9. The Balaban J connectivity index is 2.01. The fourth-order valence-corrected chi connectivity index (χ4v) is 4.29. The molecule has 4 rings (SSSR count). The van der Waals surface area contributed by atoms with Crippen LogP contribution in [0.4, 0.5) is 0 Å². The average Bonchev–Trinajstić information content (AvgIpc) is 2.86. The highest BCUT2D eigenvalue weighted by atomic mass is 16.3. The van der Waals surface area contributed by atoms with E-state index >= 15 is 0 Å². The molecule has 14 heteroatoms. The number of hydrogen-bond donors (Lipinski definition) is 2. The number of nitrogens with zero attached hydrogens (tertiary/aromatic N) is 8. The maximum absolute atomic E-state index is 12.8. The summed E-state index contributed by atoms with van der Waals surface area (Å²) in [7, 11) is 5.49. The average molecular weight is 499 g/mol. The summed E-state index contributed by atoms with van der Waals surface area (Å²) in [5, 5.41) is 23.1. The highest BCUT2D eigenvalue weighted by Gasteiger charge is 2.42. The van der Waals surface area contributed by atoms with Gasteiger partial charge in [-0.15, -0.1) is 0 Å². The molecule has 0 spiro atoms. The van der Waals surface area contributed by atoms with Crippen molar-refractivity contribution in [3.8, 4) is 0 Å². The molecule has 14 nitrogen and oxygen atoms in total. The van der Waals surface area contributed by atoms with Gasteiger partial charge in [-0.05, 0) is 20.3 Å². The Hall–Kier alpha value is -4.04. The van der Waals surface area contributed by atoms with Gasteiger partial charge in [-0.2, -0.15) is 0 Å². The fourth-order valence-electron chi connectivity index (χ4n) is 4.29. The smallest absolute Gasteiger partial charge is 0.332 e. The van der Waals surface area contributed by atoms with Gasteiger partial charge in [0.25, 0.3) is 11.1 Å². The molecule has 0 aliphatic rings. The van der Waals surface area contributed by atoms with Gasteiger partial charge in [0.2, 0.25) is 0 Å². The van der Waals surface area contributed by atoms with Crippen molar-refractivity contribution in [3.63, 3.8) is 0 Å². The van der Waals surface area contributed by atoms with Crippen LogP contribution < -0.4 is 22.5 Å². The highest BCUT2D eigenvalue weighted by molar-refractivity contribution is 5.70. The van der Waals surface area contributed by atoms with Gasteiger partial charge in [0.15, 0.2) is 22.3 Å². The van der Waals surface area contributed by atoms with Crippen molar-refractivity contribution < 1.29 is 10.2 Å². The van der Waals surface area contributed by atoms with Crippen molar-refractivity contribution in [3.05, 3.63) is 64.5 Å². The van der Waals surface area contributed by atoms with Gasteiger partial charge in [0.1, 0.15) is 11.7 Å². The Morgan fingerprint density at radius 1 is 0.750 bits per heavy atom. The van der Waals surface area contributed by atoms with Gasteiger partial charge < -0.3 is 10.2 Å². The summed E-state index contributed by atoms with van der Waals surface area (Å²) in [6.45, 7) is 4.65. The normalized spacial score (nSPS) is 14.4. The third-order valence-corrected chi connectivity index (χ3v) is 6.60. The first-order valence-electron chi connectivity index (χ1n) is 11.1. The molecule has 2 N–H and O–H groups in total. The zero-order chi connectivity index (χ0) is 26.9. The van der Waals surface area contributed by atoms with E-state index in [1.54, 1.807) is 6.92 Å². The summed E-state index contributed by atoms with van der Waals surface area (Å²) < 4.78 is 4.07. The van der Waals surface area contributed by atoms with E-state index in [1.807, 2.05) is 0 Å². The number of aliphatic hydroxyl groups is 2. The van der Waals surface area contributed by atoms with E-state index in [0.29, 0.717) is 0 Å². The minimum Gasteiger partial charge on any atom is -0.383 e. The molecule has 0 amide bonds. The molecule has 0 saturated carbocycles. The second-order valence-corrected chi connectivity index (χ2v) is 8.79. The number of fused-ring (bicyclic) bond motifs is 2. The Bertz CT molecular complexity index is 1820. The minimum atomic E-state index is -2.09. The summed E-state index contributed by atoms with van der Waals surface area (Å²) in [6, 6.07) is 0. The van der Waals surface area contributed by atoms with Crippen molar-refractivity contribution in [2.75, 3.05) is 0 Å². The predicted molar refractivity (Wildman–Crippen MR) is 129 cm³/mol. The summed E-state index contributed by atoms with van der Waals surface area (Å²) >= 11 is 0. The first-order valence-corrected chi connectivity index (χ1v) is 11.1. The Kier molecular flexibility index (Phi) is 5.76. The number of aryl methyl sites for hydroxylation is 4. The molecule has 0 bridgehead atoms. The van der Waals surface area contributed by atoms with Crippen LogP contribution in [-0.2, 0) is 33.8 Å². The molecule has 0 aromatic carbocycles. The fraction of sp³-hybridized carbons (Fsp3) is 0.455. The molecular formula is C22H26N8O6. The van der Waals surface area contributed by atoms with Crippen LogP contribution >= 0.6 is 0 Å². The van der Waals surface area contributed by atoms with E-state index in [4.69, 9.17) is 0 Å². The Morgan fingerprint density at radius 2 is 1.19 bits per heavy atom. The van der Waals surface area contributed by atoms with Gasteiger partial charge in [-0.1, -0.05) is 6.92 Å². The molecule has 0 aliphatic heterocycles. The molecule has 0 aliphatic carbocycles. The van der Waals surface area contributed by atoms with E-state index in [2.05, 4.69) is 19.9 Å². The molecule has 36 heavy (non-hydrogen) atoms. The van der Waals surface area contributed by atoms with Crippen LogP contribution in [0.15, 0.2) is 19.2 Å². The number of aromatic nitrogens is 8. The van der Waals surface area contributed by atoms with Crippen LogP contribution in [0.1, 0.15) is 42.2 Å². The molecule has 4 aromatic rings. The lowest BCUT2D eigenvalue weighted by Crippen LogP contribution is -2.40. The largest absolute Gasteiger partial charge is 0.383 e. The van der Waals surface area contributed by atoms with E-state index in [-0.39, 0.29) is 51.5 Å². The van der Waals surface area contributed by atoms with Crippen LogP contribution in [-0.4, -0.2) is 48.4 Å². The van der Waals surface area contributed by atoms with Crippen molar-refractivity contribution >= 4 is 22.3 Å². The molecular weight excluding hydrogens is 472 g/mol. The van der Waals surface area contributed by atoms with Gasteiger partial charge in [-0.25, -0.2) is 29.5 Å². The van der Waals surface area contributed by atoms with Gasteiger partial charge in [-0.3, -0.25) is 27.9 Å². The maximum atomic E-state index is 12.8.